The molecule has 0 aliphatic heterocycles. The van der Waals surface area contributed by atoms with Gasteiger partial charge in [0.05, 0.1) is 5.25 Å². The van der Waals surface area contributed by atoms with Crippen molar-refractivity contribution in [2.45, 2.75) is 36.2 Å². The van der Waals surface area contributed by atoms with E-state index in [-0.39, 0.29) is 11.2 Å². The molecule has 1 aliphatic carbocycles. The molecular weight excluding hydrogens is 320 g/mol. The van der Waals surface area contributed by atoms with Crippen LogP contribution in [-0.2, 0) is 4.79 Å². The summed E-state index contributed by atoms with van der Waals surface area (Å²) in [6, 6.07) is 14.5. The second kappa shape index (κ2) is 6.28. The van der Waals surface area contributed by atoms with E-state index < -0.39 is 0 Å². The van der Waals surface area contributed by atoms with Crippen molar-refractivity contribution < 1.29 is 4.79 Å². The minimum absolute atomic E-state index is 0.0262. The van der Waals surface area contributed by atoms with E-state index in [1.54, 1.807) is 6.33 Å². The number of thioether (sulfide) groups is 1. The molecule has 0 saturated heterocycles. The maximum Gasteiger partial charge on any atom is 0.237 e. The van der Waals surface area contributed by atoms with Gasteiger partial charge in [0.15, 0.2) is 5.16 Å². The molecule has 4 rings (SSSR count). The number of amides is 1. The highest BCUT2D eigenvalue weighted by molar-refractivity contribution is 8.00. The summed E-state index contributed by atoms with van der Waals surface area (Å²) in [4.78, 5) is 12.6. The third-order valence-corrected chi connectivity index (χ3v) is 5.25. The van der Waals surface area contributed by atoms with E-state index in [0.29, 0.717) is 6.04 Å². The number of hydrogen-bond donors (Lipinski definition) is 1. The Hall–Kier alpha value is -2.34. The third kappa shape index (κ3) is 3.01. The van der Waals surface area contributed by atoms with Gasteiger partial charge in [0.25, 0.3) is 0 Å². The maximum absolute atomic E-state index is 12.6. The molecule has 1 amide bonds. The lowest BCUT2D eigenvalue weighted by molar-refractivity contribution is -0.115. The number of nitrogens with one attached hydrogen (secondary N) is 1. The van der Waals surface area contributed by atoms with Crippen molar-refractivity contribution >= 4 is 34.1 Å². The fourth-order valence-electron chi connectivity index (χ4n) is 2.70. The summed E-state index contributed by atoms with van der Waals surface area (Å²) in [5, 5.41) is 13.9. The number of carbonyl (C=O) groups is 1. The average molecular weight is 338 g/mol. The molecule has 1 atom stereocenters. The SMILES string of the molecule is CC(Sc1nncn1C1CC1)C(=O)Nc1cccc2ccccc12. The highest BCUT2D eigenvalue weighted by Gasteiger charge is 2.28. The predicted molar refractivity (Wildman–Crippen MR) is 96.2 cm³/mol. The minimum Gasteiger partial charge on any atom is -0.325 e. The molecule has 0 radical (unpaired) electrons. The number of benzene rings is 2. The van der Waals surface area contributed by atoms with Crippen molar-refractivity contribution in [1.82, 2.24) is 14.8 Å². The van der Waals surface area contributed by atoms with Gasteiger partial charge in [-0.15, -0.1) is 10.2 Å². The molecule has 1 unspecified atom stereocenters. The van der Waals surface area contributed by atoms with Crippen LogP contribution >= 0.6 is 11.8 Å². The number of carbonyl (C=O) groups excluding carboxylic acids is 1. The number of nitrogens with zero attached hydrogens (tertiary/aromatic N) is 3. The highest BCUT2D eigenvalue weighted by atomic mass is 32.2. The Morgan fingerprint density at radius 3 is 2.88 bits per heavy atom. The molecule has 6 heteroatoms. The van der Waals surface area contributed by atoms with Crippen molar-refractivity contribution in [2.24, 2.45) is 0 Å². The van der Waals surface area contributed by atoms with Crippen LogP contribution in [0.5, 0.6) is 0 Å². The van der Waals surface area contributed by atoms with Crippen molar-refractivity contribution in [3.05, 3.63) is 48.8 Å². The molecule has 122 valence electrons. The Kier molecular flexibility index (Phi) is 3.98. The normalized spacial score (nSPS) is 15.4. The molecule has 1 heterocycles. The highest BCUT2D eigenvalue weighted by Crippen LogP contribution is 2.38. The first-order valence-electron chi connectivity index (χ1n) is 8.07. The molecule has 24 heavy (non-hydrogen) atoms. The largest absolute Gasteiger partial charge is 0.325 e. The number of rotatable bonds is 5. The van der Waals surface area contributed by atoms with E-state index in [0.717, 1.165) is 21.6 Å². The van der Waals surface area contributed by atoms with E-state index in [4.69, 9.17) is 0 Å². The molecule has 3 aromatic rings. The van der Waals surface area contributed by atoms with Crippen molar-refractivity contribution in [2.75, 3.05) is 5.32 Å². The van der Waals surface area contributed by atoms with Crippen LogP contribution in [0.3, 0.4) is 0 Å². The number of anilines is 1. The number of fused-ring (bicyclic) bond motifs is 1. The topological polar surface area (TPSA) is 59.8 Å². The zero-order valence-electron chi connectivity index (χ0n) is 13.3. The van der Waals surface area contributed by atoms with Crippen LogP contribution < -0.4 is 5.32 Å². The Labute approximate surface area is 144 Å². The predicted octanol–water partition coefficient (Wildman–Crippen LogP) is 3.89. The lowest BCUT2D eigenvalue weighted by Crippen LogP contribution is -2.23. The first kappa shape index (κ1) is 15.2. The van der Waals surface area contributed by atoms with E-state index in [2.05, 4.69) is 20.1 Å². The van der Waals surface area contributed by atoms with Gasteiger partial charge in [0.2, 0.25) is 5.91 Å². The van der Waals surface area contributed by atoms with Gasteiger partial charge in [-0.2, -0.15) is 0 Å². The fraction of sp³-hybridized carbons (Fsp3) is 0.278. The molecule has 5 nitrogen and oxygen atoms in total. The Morgan fingerprint density at radius 1 is 1.25 bits per heavy atom. The summed E-state index contributed by atoms with van der Waals surface area (Å²) < 4.78 is 2.08. The van der Waals surface area contributed by atoms with Gasteiger partial charge in [0, 0.05) is 17.1 Å². The summed E-state index contributed by atoms with van der Waals surface area (Å²) in [7, 11) is 0. The Morgan fingerprint density at radius 2 is 2.04 bits per heavy atom. The van der Waals surface area contributed by atoms with Gasteiger partial charge < -0.3 is 9.88 Å². The summed E-state index contributed by atoms with van der Waals surface area (Å²) in [5.74, 6) is -0.0262. The van der Waals surface area contributed by atoms with Crippen molar-refractivity contribution in [3.8, 4) is 0 Å². The van der Waals surface area contributed by atoms with Crippen LogP contribution in [-0.4, -0.2) is 25.9 Å². The average Bonchev–Trinajstić information content (AvgIpc) is 3.34. The van der Waals surface area contributed by atoms with Gasteiger partial charge >= 0.3 is 0 Å². The summed E-state index contributed by atoms with van der Waals surface area (Å²) in [6.45, 7) is 1.90. The number of aromatic nitrogens is 3. The summed E-state index contributed by atoms with van der Waals surface area (Å²) in [5.41, 5.74) is 0.842. The van der Waals surface area contributed by atoms with E-state index >= 15 is 0 Å². The first-order valence-corrected chi connectivity index (χ1v) is 8.95. The minimum atomic E-state index is -0.245. The van der Waals surface area contributed by atoms with E-state index in [1.807, 2.05) is 49.4 Å². The van der Waals surface area contributed by atoms with Gasteiger partial charge in [-0.25, -0.2) is 0 Å². The molecule has 1 fully saturated rings. The molecule has 0 bridgehead atoms. The molecule has 2 aromatic carbocycles. The smallest absolute Gasteiger partial charge is 0.237 e. The zero-order valence-corrected chi connectivity index (χ0v) is 14.2. The van der Waals surface area contributed by atoms with Crippen molar-refractivity contribution in [3.63, 3.8) is 0 Å². The fourth-order valence-corrected chi connectivity index (χ4v) is 3.59. The van der Waals surface area contributed by atoms with Gasteiger partial charge in [-0.05, 0) is 31.2 Å². The van der Waals surface area contributed by atoms with Crippen LogP contribution in [0, 0.1) is 0 Å². The molecule has 1 aromatic heterocycles. The van der Waals surface area contributed by atoms with E-state index in [9.17, 15) is 4.79 Å². The number of hydrogen-bond acceptors (Lipinski definition) is 4. The Balaban J connectivity index is 1.49. The third-order valence-electron chi connectivity index (χ3n) is 4.18. The molecular formula is C18H18N4OS. The zero-order chi connectivity index (χ0) is 16.5. The second-order valence-electron chi connectivity index (χ2n) is 6.03. The standard InChI is InChI=1S/C18H18N4OS/c1-12(24-18-21-19-11-22(18)14-9-10-14)17(23)20-16-8-4-6-13-5-2-3-7-15(13)16/h2-8,11-12,14H,9-10H2,1H3,(H,20,23). The van der Waals surface area contributed by atoms with Crippen LogP contribution in [0.2, 0.25) is 0 Å². The van der Waals surface area contributed by atoms with Gasteiger partial charge in [-0.3, -0.25) is 4.79 Å². The molecule has 1 N–H and O–H groups in total. The molecule has 1 aliphatic rings. The van der Waals surface area contributed by atoms with Gasteiger partial charge in [0.1, 0.15) is 6.33 Å². The van der Waals surface area contributed by atoms with Crippen LogP contribution in [0.4, 0.5) is 5.69 Å². The van der Waals surface area contributed by atoms with Crippen LogP contribution in [0.1, 0.15) is 25.8 Å². The lowest BCUT2D eigenvalue weighted by atomic mass is 10.1. The monoisotopic (exact) mass is 338 g/mol. The second-order valence-corrected chi connectivity index (χ2v) is 7.34. The van der Waals surface area contributed by atoms with Gasteiger partial charge in [-0.1, -0.05) is 48.2 Å². The maximum atomic E-state index is 12.6. The van der Waals surface area contributed by atoms with Crippen LogP contribution in [0.15, 0.2) is 53.9 Å². The van der Waals surface area contributed by atoms with Crippen molar-refractivity contribution in [1.29, 1.82) is 0 Å². The first-order chi connectivity index (χ1) is 11.7. The lowest BCUT2D eigenvalue weighted by Gasteiger charge is -2.13. The quantitative estimate of drug-likeness (QED) is 0.717. The molecule has 0 spiro atoms. The summed E-state index contributed by atoms with van der Waals surface area (Å²) >= 11 is 1.46. The van der Waals surface area contributed by atoms with Crippen LogP contribution in [0.25, 0.3) is 10.8 Å². The van der Waals surface area contributed by atoms with E-state index in [1.165, 1.54) is 24.6 Å². The Bertz CT molecular complexity index is 882. The summed E-state index contributed by atoms with van der Waals surface area (Å²) in [6.07, 6.45) is 4.10. The molecule has 1 saturated carbocycles.